The minimum absolute atomic E-state index is 0.126. The molecule has 148 valence electrons. The Labute approximate surface area is 171 Å². The predicted octanol–water partition coefficient (Wildman–Crippen LogP) is 4.36. The van der Waals surface area contributed by atoms with Gasteiger partial charge in [-0.3, -0.25) is 9.78 Å². The first-order valence-corrected chi connectivity index (χ1v) is 9.27. The molecule has 0 N–H and O–H groups in total. The van der Waals surface area contributed by atoms with Gasteiger partial charge >= 0.3 is 0 Å². The Balaban J connectivity index is 1.85. The summed E-state index contributed by atoms with van der Waals surface area (Å²) in [5, 5.41) is 0. The summed E-state index contributed by atoms with van der Waals surface area (Å²) in [5.74, 6) is 1.14. The Morgan fingerprint density at radius 2 is 1.69 bits per heavy atom. The third-order valence-electron chi connectivity index (χ3n) is 4.64. The molecule has 3 aromatic rings. The van der Waals surface area contributed by atoms with Gasteiger partial charge in [-0.2, -0.15) is 0 Å². The smallest absolute Gasteiger partial charge is 0.247 e. The fraction of sp³-hybridized carbons (Fsp3) is 0.167. The molecule has 0 aliphatic heterocycles. The number of amides is 1. The van der Waals surface area contributed by atoms with Crippen molar-refractivity contribution >= 4 is 12.0 Å². The molecular weight excluding hydrogens is 364 g/mol. The average molecular weight is 388 g/mol. The standard InChI is InChI=1S/C24H24N2O3/c1-26(23(27)15-13-18-12-14-21(28-2)22(17-18)29-3)24(19-9-5-4-6-10-19)20-11-7-8-16-25-20/h4-17,24H,1-3H3. The first kappa shape index (κ1) is 20.1. The van der Waals surface area contributed by atoms with Crippen LogP contribution in [0.3, 0.4) is 0 Å². The Hall–Kier alpha value is -3.60. The van der Waals surface area contributed by atoms with Crippen LogP contribution < -0.4 is 9.47 Å². The summed E-state index contributed by atoms with van der Waals surface area (Å²) < 4.78 is 10.6. The normalized spacial score (nSPS) is 11.8. The van der Waals surface area contributed by atoms with Crippen molar-refractivity contribution in [1.82, 2.24) is 9.88 Å². The van der Waals surface area contributed by atoms with Crippen LogP contribution >= 0.6 is 0 Å². The number of nitrogens with zero attached hydrogens (tertiary/aromatic N) is 2. The van der Waals surface area contributed by atoms with Gasteiger partial charge in [-0.1, -0.05) is 42.5 Å². The second-order valence-electron chi connectivity index (χ2n) is 6.46. The number of carbonyl (C=O) groups is 1. The molecule has 1 aromatic heterocycles. The van der Waals surface area contributed by atoms with Gasteiger partial charge in [-0.15, -0.1) is 0 Å². The van der Waals surface area contributed by atoms with Crippen LogP contribution in [0.5, 0.6) is 11.5 Å². The van der Waals surface area contributed by atoms with Crippen molar-refractivity contribution in [3.8, 4) is 11.5 Å². The van der Waals surface area contributed by atoms with E-state index in [1.807, 2.05) is 66.7 Å². The molecule has 0 saturated carbocycles. The first-order valence-electron chi connectivity index (χ1n) is 9.27. The van der Waals surface area contributed by atoms with Gasteiger partial charge in [0.25, 0.3) is 0 Å². The van der Waals surface area contributed by atoms with Gasteiger partial charge < -0.3 is 14.4 Å². The van der Waals surface area contributed by atoms with Crippen molar-refractivity contribution in [1.29, 1.82) is 0 Å². The van der Waals surface area contributed by atoms with E-state index < -0.39 is 0 Å². The van der Waals surface area contributed by atoms with Crippen molar-refractivity contribution in [2.45, 2.75) is 6.04 Å². The molecule has 0 saturated heterocycles. The molecule has 1 atom stereocenters. The zero-order valence-electron chi connectivity index (χ0n) is 16.8. The van der Waals surface area contributed by atoms with Gasteiger partial charge in [-0.05, 0) is 41.5 Å². The summed E-state index contributed by atoms with van der Waals surface area (Å²) >= 11 is 0. The molecule has 2 aromatic carbocycles. The fourth-order valence-corrected chi connectivity index (χ4v) is 3.13. The highest BCUT2D eigenvalue weighted by Gasteiger charge is 2.23. The highest BCUT2D eigenvalue weighted by Crippen LogP contribution is 2.29. The second kappa shape index (κ2) is 9.55. The number of rotatable bonds is 7. The number of hydrogen-bond acceptors (Lipinski definition) is 4. The molecule has 0 radical (unpaired) electrons. The Bertz CT molecular complexity index is 932. The van der Waals surface area contributed by atoms with Gasteiger partial charge in [-0.25, -0.2) is 0 Å². The van der Waals surface area contributed by atoms with Crippen molar-refractivity contribution in [2.24, 2.45) is 0 Å². The van der Waals surface area contributed by atoms with E-state index in [0.29, 0.717) is 11.5 Å². The molecule has 0 aliphatic carbocycles. The van der Waals surface area contributed by atoms with E-state index in [4.69, 9.17) is 9.47 Å². The molecule has 1 unspecified atom stereocenters. The lowest BCUT2D eigenvalue weighted by Gasteiger charge is -2.27. The number of carbonyl (C=O) groups excluding carboxylic acids is 1. The minimum atomic E-state index is -0.278. The maximum atomic E-state index is 12.9. The fourth-order valence-electron chi connectivity index (χ4n) is 3.13. The lowest BCUT2D eigenvalue weighted by molar-refractivity contribution is -0.126. The average Bonchev–Trinajstić information content (AvgIpc) is 2.78. The number of likely N-dealkylation sites (N-methyl/N-ethyl adjacent to an activating group) is 1. The van der Waals surface area contributed by atoms with E-state index in [2.05, 4.69) is 4.98 Å². The monoisotopic (exact) mass is 388 g/mol. The molecule has 3 rings (SSSR count). The molecule has 0 bridgehead atoms. The van der Waals surface area contributed by atoms with Gasteiger partial charge in [0.05, 0.1) is 26.0 Å². The number of hydrogen-bond donors (Lipinski definition) is 0. The van der Waals surface area contributed by atoms with Crippen LogP contribution in [0.4, 0.5) is 0 Å². The number of pyridine rings is 1. The summed E-state index contributed by atoms with van der Waals surface area (Å²) in [7, 11) is 4.96. The van der Waals surface area contributed by atoms with Gasteiger partial charge in [0, 0.05) is 19.3 Å². The summed E-state index contributed by atoms with van der Waals surface area (Å²) in [6.45, 7) is 0. The number of aromatic nitrogens is 1. The van der Waals surface area contributed by atoms with Crippen LogP contribution in [0.15, 0.2) is 79.0 Å². The van der Waals surface area contributed by atoms with Crippen LogP contribution in [0, 0.1) is 0 Å². The molecule has 0 fully saturated rings. The first-order chi connectivity index (χ1) is 14.1. The van der Waals surface area contributed by atoms with E-state index in [1.165, 1.54) is 0 Å². The van der Waals surface area contributed by atoms with E-state index >= 15 is 0 Å². The summed E-state index contributed by atoms with van der Waals surface area (Å²) in [4.78, 5) is 19.1. The van der Waals surface area contributed by atoms with Gasteiger partial charge in [0.15, 0.2) is 11.5 Å². The maximum Gasteiger partial charge on any atom is 0.247 e. The lowest BCUT2D eigenvalue weighted by Crippen LogP contribution is -2.31. The summed E-state index contributed by atoms with van der Waals surface area (Å²) in [5.41, 5.74) is 2.66. The van der Waals surface area contributed by atoms with Crippen molar-refractivity contribution in [2.75, 3.05) is 21.3 Å². The number of ether oxygens (including phenoxy) is 2. The van der Waals surface area contributed by atoms with E-state index in [9.17, 15) is 4.79 Å². The lowest BCUT2D eigenvalue weighted by atomic mass is 10.0. The van der Waals surface area contributed by atoms with E-state index in [1.54, 1.807) is 44.5 Å². The molecule has 0 spiro atoms. The molecular formula is C24H24N2O3. The zero-order chi connectivity index (χ0) is 20.6. The largest absolute Gasteiger partial charge is 0.493 e. The molecule has 5 nitrogen and oxygen atoms in total. The molecule has 1 heterocycles. The summed E-state index contributed by atoms with van der Waals surface area (Å²) in [6, 6.07) is 20.8. The predicted molar refractivity (Wildman–Crippen MR) is 114 cm³/mol. The highest BCUT2D eigenvalue weighted by atomic mass is 16.5. The van der Waals surface area contributed by atoms with Crippen LogP contribution in [0.1, 0.15) is 22.9 Å². The third-order valence-corrected chi connectivity index (χ3v) is 4.64. The third kappa shape index (κ3) is 4.82. The van der Waals surface area contributed by atoms with E-state index in [-0.39, 0.29) is 11.9 Å². The molecule has 29 heavy (non-hydrogen) atoms. The molecule has 1 amide bonds. The van der Waals surface area contributed by atoms with Crippen molar-refractivity contribution in [3.05, 3.63) is 95.8 Å². The van der Waals surface area contributed by atoms with Crippen molar-refractivity contribution in [3.63, 3.8) is 0 Å². The number of methoxy groups -OCH3 is 2. The van der Waals surface area contributed by atoms with Crippen LogP contribution in [0.2, 0.25) is 0 Å². The number of benzene rings is 2. The van der Waals surface area contributed by atoms with Gasteiger partial charge in [0.2, 0.25) is 5.91 Å². The van der Waals surface area contributed by atoms with E-state index in [0.717, 1.165) is 16.8 Å². The highest BCUT2D eigenvalue weighted by molar-refractivity contribution is 5.92. The minimum Gasteiger partial charge on any atom is -0.493 e. The van der Waals surface area contributed by atoms with Crippen LogP contribution in [-0.4, -0.2) is 37.1 Å². The molecule has 5 heteroatoms. The van der Waals surface area contributed by atoms with Crippen molar-refractivity contribution < 1.29 is 14.3 Å². The van der Waals surface area contributed by atoms with Crippen LogP contribution in [0.25, 0.3) is 6.08 Å². The van der Waals surface area contributed by atoms with Crippen LogP contribution in [-0.2, 0) is 4.79 Å². The second-order valence-corrected chi connectivity index (χ2v) is 6.46. The maximum absolute atomic E-state index is 12.9. The van der Waals surface area contributed by atoms with Gasteiger partial charge in [0.1, 0.15) is 0 Å². The SMILES string of the molecule is COc1ccc(C=CC(=O)N(C)C(c2ccccc2)c2ccccn2)cc1OC. The molecule has 0 aliphatic rings. The Morgan fingerprint density at radius 3 is 2.34 bits per heavy atom. The quantitative estimate of drug-likeness (QED) is 0.565. The summed E-state index contributed by atoms with van der Waals surface area (Å²) in [6.07, 6.45) is 5.06. The Morgan fingerprint density at radius 1 is 0.966 bits per heavy atom. The topological polar surface area (TPSA) is 51.7 Å². The Kier molecular flexibility index (Phi) is 6.63. The zero-order valence-corrected chi connectivity index (χ0v) is 16.8.